The van der Waals surface area contributed by atoms with Gasteiger partial charge in [0, 0.05) is 31.3 Å². The van der Waals surface area contributed by atoms with E-state index in [0.29, 0.717) is 44.4 Å². The maximum atomic E-state index is 13.0. The van der Waals surface area contributed by atoms with E-state index in [1.165, 1.54) is 12.1 Å². The first-order valence-electron chi connectivity index (χ1n) is 11.9. The number of anilines is 2. The Morgan fingerprint density at radius 1 is 0.949 bits per heavy atom. The number of carboxylic acid groups (broad SMARTS) is 1. The van der Waals surface area contributed by atoms with Gasteiger partial charge in [0.15, 0.2) is 0 Å². The normalized spacial score (nSPS) is 10.6. The monoisotopic (exact) mass is 551 g/mol. The average Bonchev–Trinajstić information content (AvgIpc) is 2.88. The molecule has 13 heteroatoms. The maximum Gasteiger partial charge on any atom is 0.490 e. The number of benzene rings is 2. The zero-order chi connectivity index (χ0) is 28.7. The summed E-state index contributed by atoms with van der Waals surface area (Å²) in [6.07, 6.45) is -4.03. The Labute approximate surface area is 222 Å². The number of carbonyl (C=O) groups is 2. The first-order valence-corrected chi connectivity index (χ1v) is 11.9. The molecule has 0 unspecified atom stereocenters. The van der Waals surface area contributed by atoms with Crippen molar-refractivity contribution < 1.29 is 37.0 Å². The van der Waals surface area contributed by atoms with Crippen molar-refractivity contribution in [3.63, 3.8) is 0 Å². The fraction of sp³-hybridized carbons (Fsp3) is 0.308. The lowest BCUT2D eigenvalue weighted by atomic mass is 10.1. The number of hydrogen-bond acceptors (Lipinski definition) is 7. The van der Waals surface area contributed by atoms with Gasteiger partial charge >= 0.3 is 12.1 Å². The Kier molecular flexibility index (Phi) is 12.4. The number of alkyl halides is 3. The fourth-order valence-electron chi connectivity index (χ4n) is 2.98. The highest BCUT2D eigenvalue weighted by molar-refractivity contribution is 5.76. The highest BCUT2D eigenvalue weighted by Crippen LogP contribution is 2.13. The summed E-state index contributed by atoms with van der Waals surface area (Å²) in [4.78, 5) is 29.7. The van der Waals surface area contributed by atoms with Crippen molar-refractivity contribution in [2.24, 2.45) is 0 Å². The molecular weight excluding hydrogens is 522 g/mol. The average molecular weight is 552 g/mol. The highest BCUT2D eigenvalue weighted by Gasteiger charge is 2.38. The molecule has 3 rings (SSSR count). The number of halogens is 4. The molecule has 4 N–H and O–H groups in total. The molecule has 2 aromatic carbocycles. The van der Waals surface area contributed by atoms with E-state index < -0.39 is 12.1 Å². The molecule has 0 saturated carbocycles. The van der Waals surface area contributed by atoms with Crippen molar-refractivity contribution in [1.82, 2.24) is 15.3 Å². The number of amides is 1. The standard InChI is InChI=1S/C24H28FN5O2.C2HF3O2/c1-18-17-22(30-24(29-18)28-13-11-19-7-9-20(25)10-8-19)26-14-12-23(31)27-15-16-32-21-5-3-2-4-6-21;3-2(4,5)1(6)7/h2-10,17H,11-16H2,1H3,(H,27,31)(H2,26,28,29,30);(H,6,7). The summed E-state index contributed by atoms with van der Waals surface area (Å²) in [5.74, 6) is -1.11. The van der Waals surface area contributed by atoms with Gasteiger partial charge in [0.05, 0.1) is 6.54 Å². The predicted molar refractivity (Wildman–Crippen MR) is 137 cm³/mol. The second kappa shape index (κ2) is 15.7. The van der Waals surface area contributed by atoms with E-state index in [4.69, 9.17) is 14.6 Å². The van der Waals surface area contributed by atoms with Gasteiger partial charge in [-0.2, -0.15) is 18.2 Å². The van der Waals surface area contributed by atoms with Crippen LogP contribution in [0.4, 0.5) is 29.3 Å². The molecule has 0 saturated heterocycles. The molecule has 1 aromatic heterocycles. The van der Waals surface area contributed by atoms with Crippen LogP contribution in [0.15, 0.2) is 60.7 Å². The van der Waals surface area contributed by atoms with Gasteiger partial charge in [0.1, 0.15) is 24.0 Å². The molecule has 39 heavy (non-hydrogen) atoms. The van der Waals surface area contributed by atoms with Crippen molar-refractivity contribution in [3.8, 4) is 5.75 Å². The number of carbonyl (C=O) groups excluding carboxylic acids is 1. The van der Waals surface area contributed by atoms with Gasteiger partial charge < -0.3 is 25.8 Å². The number of aromatic nitrogens is 2. The van der Waals surface area contributed by atoms with Crippen molar-refractivity contribution in [2.45, 2.75) is 25.9 Å². The summed E-state index contributed by atoms with van der Waals surface area (Å²) < 4.78 is 50.3. The van der Waals surface area contributed by atoms with E-state index in [0.717, 1.165) is 23.4 Å². The number of ether oxygens (including phenoxy) is 1. The topological polar surface area (TPSA) is 125 Å². The van der Waals surface area contributed by atoms with Gasteiger partial charge in [-0.3, -0.25) is 4.79 Å². The van der Waals surface area contributed by atoms with E-state index in [9.17, 15) is 22.4 Å². The van der Waals surface area contributed by atoms with Gasteiger partial charge in [0.2, 0.25) is 11.9 Å². The molecular formula is C26H29F4N5O4. The highest BCUT2D eigenvalue weighted by atomic mass is 19.4. The number of nitrogens with zero attached hydrogens (tertiary/aromatic N) is 2. The van der Waals surface area contributed by atoms with Crippen LogP contribution in [0, 0.1) is 12.7 Å². The van der Waals surface area contributed by atoms with Crippen LogP contribution in [0.3, 0.4) is 0 Å². The number of hydrogen-bond donors (Lipinski definition) is 4. The molecule has 0 aliphatic carbocycles. The summed E-state index contributed by atoms with van der Waals surface area (Å²) in [7, 11) is 0. The van der Waals surface area contributed by atoms with Gasteiger partial charge in [-0.1, -0.05) is 30.3 Å². The van der Waals surface area contributed by atoms with E-state index in [-0.39, 0.29) is 11.7 Å². The van der Waals surface area contributed by atoms with Crippen LogP contribution in [0.25, 0.3) is 0 Å². The van der Waals surface area contributed by atoms with E-state index in [2.05, 4.69) is 25.9 Å². The first-order chi connectivity index (χ1) is 18.5. The number of aliphatic carboxylic acids is 1. The van der Waals surface area contributed by atoms with Gasteiger partial charge in [-0.25, -0.2) is 14.2 Å². The van der Waals surface area contributed by atoms with Crippen LogP contribution >= 0.6 is 0 Å². The summed E-state index contributed by atoms with van der Waals surface area (Å²) in [5, 5.41) is 16.3. The Morgan fingerprint density at radius 3 is 2.26 bits per heavy atom. The molecule has 0 bridgehead atoms. The summed E-state index contributed by atoms with van der Waals surface area (Å²) >= 11 is 0. The molecule has 210 valence electrons. The van der Waals surface area contributed by atoms with Crippen molar-refractivity contribution in [1.29, 1.82) is 0 Å². The lowest BCUT2D eigenvalue weighted by molar-refractivity contribution is -0.192. The molecule has 0 atom stereocenters. The molecule has 3 aromatic rings. The third kappa shape index (κ3) is 13.1. The molecule has 1 heterocycles. The second-order valence-corrected chi connectivity index (χ2v) is 8.01. The van der Waals surface area contributed by atoms with E-state index >= 15 is 0 Å². The van der Waals surface area contributed by atoms with E-state index in [1.807, 2.05) is 43.3 Å². The van der Waals surface area contributed by atoms with E-state index in [1.54, 1.807) is 12.1 Å². The molecule has 1 amide bonds. The molecule has 0 aliphatic rings. The fourth-order valence-corrected chi connectivity index (χ4v) is 2.98. The van der Waals surface area contributed by atoms with Crippen molar-refractivity contribution in [2.75, 3.05) is 36.9 Å². The summed E-state index contributed by atoms with van der Waals surface area (Å²) in [6.45, 7) is 3.83. The molecule has 9 nitrogen and oxygen atoms in total. The Balaban J connectivity index is 0.000000673. The van der Waals surface area contributed by atoms with Gasteiger partial charge in [0.25, 0.3) is 0 Å². The minimum atomic E-state index is -5.08. The number of aryl methyl sites for hydroxylation is 1. The lowest BCUT2D eigenvalue weighted by Crippen LogP contribution is -2.29. The van der Waals surface area contributed by atoms with Crippen molar-refractivity contribution in [3.05, 3.63) is 77.7 Å². The first kappa shape index (κ1) is 30.8. The van der Waals surface area contributed by atoms with Crippen molar-refractivity contribution >= 4 is 23.6 Å². The molecule has 0 radical (unpaired) electrons. The Hall–Kier alpha value is -4.42. The lowest BCUT2D eigenvalue weighted by Gasteiger charge is -2.11. The minimum absolute atomic E-state index is 0.0578. The third-order valence-corrected chi connectivity index (χ3v) is 4.80. The molecule has 0 aliphatic heterocycles. The smallest absolute Gasteiger partial charge is 0.490 e. The number of rotatable bonds is 12. The summed E-state index contributed by atoms with van der Waals surface area (Å²) in [5.41, 5.74) is 1.85. The van der Waals surface area contributed by atoms with Crippen LogP contribution in [0.1, 0.15) is 17.7 Å². The van der Waals surface area contributed by atoms with Crippen LogP contribution in [0.5, 0.6) is 5.75 Å². The number of para-hydroxylation sites is 1. The van der Waals surface area contributed by atoms with Crippen LogP contribution in [-0.4, -0.2) is 59.4 Å². The zero-order valence-corrected chi connectivity index (χ0v) is 21.1. The van der Waals surface area contributed by atoms with Crippen LogP contribution in [-0.2, 0) is 16.0 Å². The third-order valence-electron chi connectivity index (χ3n) is 4.80. The molecule has 0 fully saturated rings. The zero-order valence-electron chi connectivity index (χ0n) is 21.1. The largest absolute Gasteiger partial charge is 0.492 e. The Morgan fingerprint density at radius 2 is 1.62 bits per heavy atom. The van der Waals surface area contributed by atoms with Crippen LogP contribution < -0.4 is 20.7 Å². The summed E-state index contributed by atoms with van der Waals surface area (Å²) in [6, 6.07) is 17.7. The van der Waals surface area contributed by atoms with Crippen LogP contribution in [0.2, 0.25) is 0 Å². The quantitative estimate of drug-likeness (QED) is 0.195. The predicted octanol–water partition coefficient (Wildman–Crippen LogP) is 4.21. The Bertz CT molecular complexity index is 1180. The number of carboxylic acids is 1. The minimum Gasteiger partial charge on any atom is -0.492 e. The maximum absolute atomic E-state index is 13.0. The van der Waals surface area contributed by atoms with Gasteiger partial charge in [-0.05, 0) is 43.2 Å². The van der Waals surface area contributed by atoms with Gasteiger partial charge in [-0.15, -0.1) is 0 Å². The second-order valence-electron chi connectivity index (χ2n) is 8.01. The number of nitrogens with one attached hydrogen (secondary N) is 3. The SMILES string of the molecule is Cc1cc(NCCC(=O)NCCOc2ccccc2)nc(NCCc2ccc(F)cc2)n1.O=C(O)C(F)(F)F. The molecule has 0 spiro atoms.